The van der Waals surface area contributed by atoms with Crippen LogP contribution in [0.2, 0.25) is 0 Å². The molecule has 0 saturated heterocycles. The molecule has 0 radical (unpaired) electrons. The zero-order valence-electron chi connectivity index (χ0n) is 10.9. The van der Waals surface area contributed by atoms with E-state index in [2.05, 4.69) is 32.0 Å². The Hall–Kier alpha value is -0.980. The number of benzene rings is 1. The molecule has 0 amide bonds. The number of aryl methyl sites for hydroxylation is 1. The molecule has 86 valence electrons. The van der Waals surface area contributed by atoms with Crippen molar-refractivity contribution >= 4 is 0 Å². The lowest BCUT2D eigenvalue weighted by Gasteiger charge is -2.00. The van der Waals surface area contributed by atoms with Crippen LogP contribution in [0.1, 0.15) is 51.7 Å². The summed E-state index contributed by atoms with van der Waals surface area (Å²) in [6, 6.07) is 6.37. The zero-order valence-corrected chi connectivity index (χ0v) is 10.9. The van der Waals surface area contributed by atoms with Gasteiger partial charge >= 0.3 is 0 Å². The van der Waals surface area contributed by atoms with Gasteiger partial charge < -0.3 is 4.74 Å². The van der Waals surface area contributed by atoms with Crippen molar-refractivity contribution in [2.45, 2.75) is 47.5 Å². The first kappa shape index (κ1) is 14.0. The molecule has 1 unspecified atom stereocenters. The first-order valence-corrected chi connectivity index (χ1v) is 6.01. The molecule has 2 rings (SSSR count). The van der Waals surface area contributed by atoms with E-state index in [-0.39, 0.29) is 0 Å². The fraction of sp³-hybridized carbons (Fsp3) is 0.571. The molecule has 1 nitrogen and oxygen atoms in total. The van der Waals surface area contributed by atoms with Crippen molar-refractivity contribution in [1.82, 2.24) is 0 Å². The van der Waals surface area contributed by atoms with Crippen molar-refractivity contribution in [2.75, 3.05) is 6.61 Å². The van der Waals surface area contributed by atoms with Crippen LogP contribution >= 0.6 is 0 Å². The van der Waals surface area contributed by atoms with Crippen molar-refractivity contribution in [3.8, 4) is 5.75 Å². The van der Waals surface area contributed by atoms with Crippen LogP contribution in [0.4, 0.5) is 0 Å². The van der Waals surface area contributed by atoms with E-state index in [0.29, 0.717) is 5.92 Å². The fourth-order valence-electron chi connectivity index (χ4n) is 1.49. The Morgan fingerprint density at radius 2 is 1.73 bits per heavy atom. The van der Waals surface area contributed by atoms with Crippen LogP contribution in [0.3, 0.4) is 0 Å². The highest BCUT2D eigenvalue weighted by atomic mass is 16.5. The Bertz CT molecular complexity index is 279. The van der Waals surface area contributed by atoms with Crippen molar-refractivity contribution in [1.29, 1.82) is 0 Å². The van der Waals surface area contributed by atoms with Gasteiger partial charge in [0.1, 0.15) is 5.75 Å². The molecule has 0 aromatic heterocycles. The predicted octanol–water partition coefficient (Wildman–Crippen LogP) is 4.54. The van der Waals surface area contributed by atoms with Gasteiger partial charge in [-0.3, -0.25) is 0 Å². The summed E-state index contributed by atoms with van der Waals surface area (Å²) in [4.78, 5) is 0. The standard InChI is InChI=1S/C10H12O.2C2H6/c1-7-3-4-10-9(5-7)8(2)6-11-10;2*1-2/h3-5,8H,6H2,1-2H3;2*1-2H3. The van der Waals surface area contributed by atoms with Crippen molar-refractivity contribution < 1.29 is 4.74 Å². The van der Waals surface area contributed by atoms with Gasteiger partial charge in [-0.25, -0.2) is 0 Å². The van der Waals surface area contributed by atoms with Crippen LogP contribution in [0.15, 0.2) is 18.2 Å². The number of hydrogen-bond donors (Lipinski definition) is 0. The molecule has 0 N–H and O–H groups in total. The van der Waals surface area contributed by atoms with E-state index < -0.39 is 0 Å². The van der Waals surface area contributed by atoms with Gasteiger partial charge in [-0.1, -0.05) is 52.3 Å². The summed E-state index contributed by atoms with van der Waals surface area (Å²) in [5, 5.41) is 0. The predicted molar refractivity (Wildman–Crippen MR) is 67.8 cm³/mol. The third kappa shape index (κ3) is 3.58. The molecular formula is C14H24O. The van der Waals surface area contributed by atoms with Gasteiger partial charge in [-0.05, 0) is 13.0 Å². The Morgan fingerprint density at radius 1 is 1.13 bits per heavy atom. The Balaban J connectivity index is 0.000000442. The highest BCUT2D eigenvalue weighted by Crippen LogP contribution is 2.33. The van der Waals surface area contributed by atoms with Gasteiger partial charge in [-0.2, -0.15) is 0 Å². The van der Waals surface area contributed by atoms with Gasteiger partial charge in [0, 0.05) is 11.5 Å². The summed E-state index contributed by atoms with van der Waals surface area (Å²) in [7, 11) is 0. The molecule has 1 aliphatic heterocycles. The highest BCUT2D eigenvalue weighted by Gasteiger charge is 2.18. The SMILES string of the molecule is CC.CC.Cc1ccc2c(c1)C(C)CO2. The monoisotopic (exact) mass is 208 g/mol. The van der Waals surface area contributed by atoms with Crippen LogP contribution in [-0.4, -0.2) is 6.61 Å². The van der Waals surface area contributed by atoms with Gasteiger partial charge in [0.05, 0.1) is 6.61 Å². The number of ether oxygens (including phenoxy) is 1. The second kappa shape index (κ2) is 7.33. The topological polar surface area (TPSA) is 9.23 Å². The fourth-order valence-corrected chi connectivity index (χ4v) is 1.49. The molecule has 1 atom stereocenters. The van der Waals surface area contributed by atoms with Gasteiger partial charge in [0.2, 0.25) is 0 Å². The summed E-state index contributed by atoms with van der Waals surface area (Å²) in [5.74, 6) is 1.65. The second-order valence-electron chi connectivity index (χ2n) is 3.25. The Morgan fingerprint density at radius 3 is 2.33 bits per heavy atom. The minimum atomic E-state index is 0.574. The minimum absolute atomic E-state index is 0.574. The maximum Gasteiger partial charge on any atom is 0.122 e. The maximum absolute atomic E-state index is 5.47. The molecule has 1 aromatic rings. The van der Waals surface area contributed by atoms with E-state index in [0.717, 1.165) is 12.4 Å². The third-order valence-corrected chi connectivity index (χ3v) is 2.19. The van der Waals surface area contributed by atoms with Crippen LogP contribution in [-0.2, 0) is 0 Å². The van der Waals surface area contributed by atoms with Gasteiger partial charge in [0.15, 0.2) is 0 Å². The molecular weight excluding hydrogens is 184 g/mol. The zero-order chi connectivity index (χ0) is 11.8. The molecule has 0 bridgehead atoms. The minimum Gasteiger partial charge on any atom is -0.493 e. The molecule has 0 aliphatic carbocycles. The second-order valence-corrected chi connectivity index (χ2v) is 3.25. The van der Waals surface area contributed by atoms with E-state index in [1.54, 1.807) is 0 Å². The van der Waals surface area contributed by atoms with Gasteiger partial charge in [-0.15, -0.1) is 0 Å². The Kier molecular flexibility index (Phi) is 6.85. The van der Waals surface area contributed by atoms with E-state index in [1.807, 2.05) is 27.7 Å². The maximum atomic E-state index is 5.47. The van der Waals surface area contributed by atoms with E-state index >= 15 is 0 Å². The summed E-state index contributed by atoms with van der Waals surface area (Å²) in [6.45, 7) is 13.2. The molecule has 1 heteroatoms. The first-order valence-electron chi connectivity index (χ1n) is 6.01. The lowest BCUT2D eigenvalue weighted by Crippen LogP contribution is -1.93. The van der Waals surface area contributed by atoms with E-state index in [9.17, 15) is 0 Å². The molecule has 1 aromatic carbocycles. The average Bonchev–Trinajstić information content (AvgIpc) is 2.66. The summed E-state index contributed by atoms with van der Waals surface area (Å²) < 4.78 is 5.47. The molecule has 1 aliphatic rings. The van der Waals surface area contributed by atoms with Crippen molar-refractivity contribution in [2.24, 2.45) is 0 Å². The van der Waals surface area contributed by atoms with E-state index in [1.165, 1.54) is 11.1 Å². The quantitative estimate of drug-likeness (QED) is 0.608. The lowest BCUT2D eigenvalue weighted by molar-refractivity contribution is 0.337. The largest absolute Gasteiger partial charge is 0.493 e. The van der Waals surface area contributed by atoms with Crippen molar-refractivity contribution in [3.05, 3.63) is 29.3 Å². The number of rotatable bonds is 0. The number of fused-ring (bicyclic) bond motifs is 1. The van der Waals surface area contributed by atoms with Crippen LogP contribution in [0.25, 0.3) is 0 Å². The van der Waals surface area contributed by atoms with E-state index in [4.69, 9.17) is 4.74 Å². The summed E-state index contributed by atoms with van der Waals surface area (Å²) in [6.07, 6.45) is 0. The van der Waals surface area contributed by atoms with Crippen LogP contribution in [0.5, 0.6) is 5.75 Å². The Labute approximate surface area is 94.5 Å². The molecule has 1 heterocycles. The summed E-state index contributed by atoms with van der Waals surface area (Å²) >= 11 is 0. The number of hydrogen-bond acceptors (Lipinski definition) is 1. The molecule has 15 heavy (non-hydrogen) atoms. The van der Waals surface area contributed by atoms with Crippen molar-refractivity contribution in [3.63, 3.8) is 0 Å². The van der Waals surface area contributed by atoms with Gasteiger partial charge in [0.25, 0.3) is 0 Å². The average molecular weight is 208 g/mol. The summed E-state index contributed by atoms with van der Waals surface area (Å²) in [5.41, 5.74) is 2.69. The third-order valence-electron chi connectivity index (χ3n) is 2.19. The van der Waals surface area contributed by atoms with Crippen LogP contribution in [0, 0.1) is 6.92 Å². The lowest BCUT2D eigenvalue weighted by atomic mass is 10.0. The molecule has 0 spiro atoms. The molecule has 0 saturated carbocycles. The first-order chi connectivity index (χ1) is 7.27. The smallest absolute Gasteiger partial charge is 0.122 e. The normalized spacial score (nSPS) is 16.3. The highest BCUT2D eigenvalue weighted by molar-refractivity contribution is 5.41. The van der Waals surface area contributed by atoms with Crippen LogP contribution < -0.4 is 4.74 Å². The molecule has 0 fully saturated rings.